The maximum atomic E-state index is 14.2. The molecule has 2 aliphatic heterocycles. The van der Waals surface area contributed by atoms with E-state index in [2.05, 4.69) is 36.7 Å². The molecule has 2 aromatic carbocycles. The molecule has 3 unspecified atom stereocenters. The highest BCUT2D eigenvalue weighted by Crippen LogP contribution is 2.53. The van der Waals surface area contributed by atoms with Crippen molar-refractivity contribution in [2.45, 2.75) is 115 Å². The molecule has 0 spiro atoms. The molecule has 2 amide bonds. The zero-order valence-corrected chi connectivity index (χ0v) is 24.6. The molecule has 2 saturated heterocycles. The van der Waals surface area contributed by atoms with Gasteiger partial charge >= 0.3 is 12.2 Å². The fourth-order valence-corrected chi connectivity index (χ4v) is 5.83. The third-order valence-corrected chi connectivity index (χ3v) is 8.46. The van der Waals surface area contributed by atoms with Crippen LogP contribution < -0.4 is 20.7 Å². The standard InChI is InChI=1S/C32H44F3N3O3/c1-5-6-7-10-18-30(38-29(39)37-25-15-13-24(14-16-25)22(2)3)19-17-23(4)36-28(30)41-27-12-9-8-11-26(27)31(20-21-40-31)32(33,34)35/h8-9,11-16,22-23,28,36H,5-7,10,17-21H2,1-4H3,(H2,37,38,39)/t23?,28?,30?,31-/m1/s1. The summed E-state index contributed by atoms with van der Waals surface area (Å²) in [5.74, 6) is 0.489. The molecule has 0 bridgehead atoms. The number of alkyl halides is 3. The van der Waals surface area contributed by atoms with Gasteiger partial charge in [-0.3, -0.25) is 5.32 Å². The zero-order chi connectivity index (χ0) is 29.7. The molecule has 6 nitrogen and oxygen atoms in total. The number of halogens is 3. The Morgan fingerprint density at radius 3 is 2.41 bits per heavy atom. The van der Waals surface area contributed by atoms with Crippen LogP contribution in [0.1, 0.15) is 96.1 Å². The monoisotopic (exact) mass is 575 g/mol. The molecule has 0 aromatic heterocycles. The first-order valence-corrected chi connectivity index (χ1v) is 14.9. The molecule has 2 aliphatic rings. The summed E-state index contributed by atoms with van der Waals surface area (Å²) in [7, 11) is 0. The second-order valence-electron chi connectivity index (χ2n) is 11.8. The lowest BCUT2D eigenvalue weighted by Gasteiger charge is -2.48. The Balaban J connectivity index is 1.62. The molecular formula is C32H44F3N3O3. The highest BCUT2D eigenvalue weighted by atomic mass is 19.4. The van der Waals surface area contributed by atoms with Gasteiger partial charge < -0.3 is 20.1 Å². The van der Waals surface area contributed by atoms with Gasteiger partial charge in [-0.2, -0.15) is 13.2 Å². The van der Waals surface area contributed by atoms with Crippen LogP contribution in [0.3, 0.4) is 0 Å². The SMILES string of the molecule is CCCCCCC1(NC(=O)Nc2ccc(C(C)C)cc2)CCC(C)NC1Oc1ccccc1[C@@]1(C(F)(F)F)CCO1. The molecule has 0 aliphatic carbocycles. The third kappa shape index (κ3) is 7.00. The van der Waals surface area contributed by atoms with Crippen LogP contribution in [0.15, 0.2) is 48.5 Å². The van der Waals surface area contributed by atoms with Crippen molar-refractivity contribution in [2.75, 3.05) is 11.9 Å². The Hall–Kier alpha value is -2.78. The van der Waals surface area contributed by atoms with Crippen LogP contribution in [0.4, 0.5) is 23.7 Å². The van der Waals surface area contributed by atoms with Crippen LogP contribution in [0, 0.1) is 0 Å². The normalized spacial score (nSPS) is 26.3. The van der Waals surface area contributed by atoms with Crippen molar-refractivity contribution in [3.8, 4) is 5.75 Å². The number of rotatable bonds is 11. The fraction of sp³-hybridized carbons (Fsp3) is 0.594. The first-order valence-electron chi connectivity index (χ1n) is 14.9. The van der Waals surface area contributed by atoms with Crippen molar-refractivity contribution in [2.24, 2.45) is 0 Å². The number of anilines is 1. The van der Waals surface area contributed by atoms with E-state index in [-0.39, 0.29) is 36.4 Å². The Morgan fingerprint density at radius 2 is 1.80 bits per heavy atom. The molecule has 4 rings (SSSR count). The lowest BCUT2D eigenvalue weighted by Crippen LogP contribution is -2.68. The van der Waals surface area contributed by atoms with Crippen molar-refractivity contribution in [1.29, 1.82) is 0 Å². The van der Waals surface area contributed by atoms with E-state index in [1.54, 1.807) is 18.2 Å². The number of amides is 2. The number of nitrogens with one attached hydrogen (secondary N) is 3. The van der Waals surface area contributed by atoms with Crippen LogP contribution in [-0.4, -0.2) is 36.6 Å². The van der Waals surface area contributed by atoms with Crippen molar-refractivity contribution in [3.05, 3.63) is 59.7 Å². The minimum Gasteiger partial charge on any atom is -0.472 e. The lowest BCUT2D eigenvalue weighted by atomic mass is 9.80. The van der Waals surface area contributed by atoms with Crippen LogP contribution >= 0.6 is 0 Å². The van der Waals surface area contributed by atoms with Gasteiger partial charge in [-0.15, -0.1) is 0 Å². The van der Waals surface area contributed by atoms with Crippen LogP contribution in [0.2, 0.25) is 0 Å². The molecule has 41 heavy (non-hydrogen) atoms. The topological polar surface area (TPSA) is 71.6 Å². The molecule has 2 fully saturated rings. The molecule has 4 atom stereocenters. The van der Waals surface area contributed by atoms with Crippen molar-refractivity contribution < 1.29 is 27.4 Å². The number of hydrogen-bond donors (Lipinski definition) is 3. The maximum Gasteiger partial charge on any atom is 0.421 e. The Kier molecular flexibility index (Phi) is 9.90. The average Bonchev–Trinajstić information content (AvgIpc) is 2.88. The number of unbranched alkanes of at least 4 members (excludes halogenated alkanes) is 3. The molecule has 2 heterocycles. The number of piperidine rings is 1. The second-order valence-corrected chi connectivity index (χ2v) is 11.8. The molecule has 9 heteroatoms. The molecular weight excluding hydrogens is 531 g/mol. The zero-order valence-electron chi connectivity index (χ0n) is 24.6. The fourth-order valence-electron chi connectivity index (χ4n) is 5.83. The number of carbonyl (C=O) groups excluding carboxylic acids is 1. The van der Waals surface area contributed by atoms with Crippen LogP contribution in [0.5, 0.6) is 5.75 Å². The largest absolute Gasteiger partial charge is 0.472 e. The molecule has 3 N–H and O–H groups in total. The van der Waals surface area contributed by atoms with Gasteiger partial charge in [-0.25, -0.2) is 4.79 Å². The first kappa shape index (κ1) is 31.2. The summed E-state index contributed by atoms with van der Waals surface area (Å²) >= 11 is 0. The quantitative estimate of drug-likeness (QED) is 0.238. The molecule has 0 radical (unpaired) electrons. The molecule has 2 aromatic rings. The highest BCUT2D eigenvalue weighted by Gasteiger charge is 2.62. The van der Waals surface area contributed by atoms with E-state index in [1.165, 1.54) is 11.6 Å². The number of para-hydroxylation sites is 1. The smallest absolute Gasteiger partial charge is 0.421 e. The average molecular weight is 576 g/mol. The summed E-state index contributed by atoms with van der Waals surface area (Å²) in [6.07, 6.45) is 0.515. The summed E-state index contributed by atoms with van der Waals surface area (Å²) < 4.78 is 54.4. The maximum absolute atomic E-state index is 14.2. The Morgan fingerprint density at radius 1 is 1.10 bits per heavy atom. The summed E-state index contributed by atoms with van der Waals surface area (Å²) in [6, 6.07) is 13.7. The van der Waals surface area contributed by atoms with Gasteiger partial charge in [0.25, 0.3) is 0 Å². The number of carbonyl (C=O) groups is 1. The van der Waals surface area contributed by atoms with Crippen molar-refractivity contribution >= 4 is 11.7 Å². The summed E-state index contributed by atoms with van der Waals surface area (Å²) in [5.41, 5.74) is -1.41. The van der Waals surface area contributed by atoms with Crippen molar-refractivity contribution in [3.63, 3.8) is 0 Å². The third-order valence-electron chi connectivity index (χ3n) is 8.46. The van der Waals surface area contributed by atoms with Gasteiger partial charge in [0.05, 0.1) is 12.1 Å². The van der Waals surface area contributed by atoms with Gasteiger partial charge in [0.15, 0.2) is 11.8 Å². The summed E-state index contributed by atoms with van der Waals surface area (Å²) in [5, 5.41) is 9.61. The molecule has 0 saturated carbocycles. The predicted octanol–water partition coefficient (Wildman–Crippen LogP) is 8.00. The minimum atomic E-state index is -4.58. The van der Waals surface area contributed by atoms with Gasteiger partial charge in [0, 0.05) is 23.7 Å². The van der Waals surface area contributed by atoms with Gasteiger partial charge in [-0.05, 0) is 55.9 Å². The first-order chi connectivity index (χ1) is 19.5. The van der Waals surface area contributed by atoms with E-state index in [9.17, 15) is 18.0 Å². The summed E-state index contributed by atoms with van der Waals surface area (Å²) in [4.78, 5) is 13.4. The van der Waals surface area contributed by atoms with Gasteiger partial charge in [0.2, 0.25) is 0 Å². The second kappa shape index (κ2) is 13.0. The van der Waals surface area contributed by atoms with E-state index in [1.807, 2.05) is 31.2 Å². The van der Waals surface area contributed by atoms with E-state index >= 15 is 0 Å². The summed E-state index contributed by atoms with van der Waals surface area (Å²) in [6.45, 7) is 8.41. The minimum absolute atomic E-state index is 0.0339. The number of hydrogen-bond acceptors (Lipinski definition) is 4. The van der Waals surface area contributed by atoms with Gasteiger partial charge in [-0.1, -0.05) is 76.8 Å². The Labute approximate surface area is 241 Å². The number of urea groups is 1. The van der Waals surface area contributed by atoms with E-state index in [0.717, 1.165) is 32.1 Å². The predicted molar refractivity (Wildman–Crippen MR) is 155 cm³/mol. The Bertz CT molecular complexity index is 1150. The van der Waals surface area contributed by atoms with E-state index in [0.29, 0.717) is 24.4 Å². The van der Waals surface area contributed by atoms with Crippen LogP contribution in [-0.2, 0) is 10.3 Å². The lowest BCUT2D eigenvalue weighted by molar-refractivity contribution is -0.334. The number of benzene rings is 2. The highest BCUT2D eigenvalue weighted by molar-refractivity contribution is 5.89. The van der Waals surface area contributed by atoms with Gasteiger partial charge in [0.1, 0.15) is 5.75 Å². The van der Waals surface area contributed by atoms with E-state index < -0.39 is 23.5 Å². The number of ether oxygens (including phenoxy) is 2. The van der Waals surface area contributed by atoms with Crippen molar-refractivity contribution in [1.82, 2.24) is 10.6 Å². The van der Waals surface area contributed by atoms with E-state index in [4.69, 9.17) is 9.47 Å². The molecule has 226 valence electrons. The van der Waals surface area contributed by atoms with Crippen LogP contribution in [0.25, 0.3) is 0 Å².